The van der Waals surface area contributed by atoms with E-state index < -0.39 is 0 Å². The highest BCUT2D eigenvalue weighted by molar-refractivity contribution is 7.10. The van der Waals surface area contributed by atoms with E-state index >= 15 is 0 Å². The average molecular weight is 334 g/mol. The van der Waals surface area contributed by atoms with Gasteiger partial charge >= 0.3 is 4.87 Å². The quantitative estimate of drug-likeness (QED) is 0.740. The smallest absolute Gasteiger partial charge is 0.307 e. The molecule has 2 heterocycles. The topological polar surface area (TPSA) is 65.5 Å². The Labute approximate surface area is 142 Å². The summed E-state index contributed by atoms with van der Waals surface area (Å²) in [5, 5.41) is 9.92. The lowest BCUT2D eigenvalue weighted by atomic mass is 9.96. The lowest BCUT2D eigenvalue weighted by molar-refractivity contribution is 0.455. The minimum absolute atomic E-state index is 0.106. The molecule has 4 rings (SSSR count). The third-order valence-corrected chi connectivity index (χ3v) is 4.73. The molecule has 0 atom stereocenters. The number of hydrogen-bond donors (Lipinski definition) is 2. The van der Waals surface area contributed by atoms with Gasteiger partial charge in [0.05, 0.1) is 16.3 Å². The molecule has 3 aromatic rings. The van der Waals surface area contributed by atoms with Crippen LogP contribution in [0, 0.1) is 6.92 Å². The Morgan fingerprint density at radius 3 is 2.67 bits per heavy atom. The van der Waals surface area contributed by atoms with Crippen LogP contribution in [-0.2, 0) is 0 Å². The van der Waals surface area contributed by atoms with Crippen molar-refractivity contribution in [3.05, 3.63) is 79.8 Å². The van der Waals surface area contributed by atoms with Gasteiger partial charge in [-0.15, -0.1) is 0 Å². The van der Waals surface area contributed by atoms with Gasteiger partial charge < -0.3 is 5.11 Å². The minimum Gasteiger partial charge on any atom is -0.493 e. The lowest BCUT2D eigenvalue weighted by Gasteiger charge is -2.06. The zero-order valence-corrected chi connectivity index (χ0v) is 13.7. The van der Waals surface area contributed by atoms with Gasteiger partial charge in [0.25, 0.3) is 0 Å². The fourth-order valence-corrected chi connectivity index (χ4v) is 3.47. The van der Waals surface area contributed by atoms with Crippen molar-refractivity contribution in [1.82, 2.24) is 4.98 Å². The van der Waals surface area contributed by atoms with E-state index in [1.54, 1.807) is 0 Å². The molecule has 1 aromatic heterocycles. The average Bonchev–Trinajstić information content (AvgIpc) is 3.08. The first-order chi connectivity index (χ1) is 11.6. The van der Waals surface area contributed by atoms with Gasteiger partial charge in [-0.3, -0.25) is 9.78 Å². The van der Waals surface area contributed by atoms with Gasteiger partial charge in [-0.2, -0.15) is 0 Å². The molecule has 1 aliphatic heterocycles. The van der Waals surface area contributed by atoms with Gasteiger partial charge in [-0.25, -0.2) is 4.99 Å². The third kappa shape index (κ3) is 2.49. The molecule has 0 spiro atoms. The van der Waals surface area contributed by atoms with Crippen molar-refractivity contribution < 1.29 is 5.11 Å². The van der Waals surface area contributed by atoms with Crippen LogP contribution in [0.1, 0.15) is 21.6 Å². The van der Waals surface area contributed by atoms with Crippen molar-refractivity contribution in [1.29, 1.82) is 0 Å². The Hall–Kier alpha value is -2.92. The van der Waals surface area contributed by atoms with Gasteiger partial charge in [-0.1, -0.05) is 53.3 Å². The molecule has 1 aliphatic rings. The van der Waals surface area contributed by atoms with E-state index in [9.17, 15) is 9.90 Å². The number of aromatic nitrogens is 1. The zero-order chi connectivity index (χ0) is 16.7. The first-order valence-electron chi connectivity index (χ1n) is 7.51. The first kappa shape index (κ1) is 14.7. The van der Waals surface area contributed by atoms with E-state index in [-0.39, 0.29) is 10.8 Å². The number of aliphatic imine (C=N–C) groups is 1. The summed E-state index contributed by atoms with van der Waals surface area (Å²) in [5.74, 6) is -0.106. The van der Waals surface area contributed by atoms with Crippen LogP contribution in [0.4, 0.5) is 5.69 Å². The summed E-state index contributed by atoms with van der Waals surface area (Å²) in [6.45, 7) is 2.03. The molecule has 24 heavy (non-hydrogen) atoms. The first-order valence-corrected chi connectivity index (χ1v) is 8.33. The number of H-pyrrole nitrogens is 1. The van der Waals surface area contributed by atoms with Gasteiger partial charge in [0.1, 0.15) is 0 Å². The second-order valence-electron chi connectivity index (χ2n) is 5.63. The third-order valence-electron chi connectivity index (χ3n) is 3.91. The maximum Gasteiger partial charge on any atom is 0.307 e. The fourth-order valence-electron chi connectivity index (χ4n) is 2.79. The van der Waals surface area contributed by atoms with Crippen molar-refractivity contribution >= 4 is 34.4 Å². The maximum atomic E-state index is 11.5. The number of hydrogen-bond acceptors (Lipinski definition) is 4. The molecule has 0 saturated carbocycles. The Kier molecular flexibility index (Phi) is 3.43. The summed E-state index contributed by atoms with van der Waals surface area (Å²) in [6.07, 6.45) is 1.83. The van der Waals surface area contributed by atoms with E-state index in [1.807, 2.05) is 55.5 Å². The molecule has 0 aliphatic carbocycles. The summed E-state index contributed by atoms with van der Waals surface area (Å²) in [4.78, 5) is 18.9. The fraction of sp³-hybridized carbons (Fsp3) is 0.0526. The number of benzene rings is 2. The second-order valence-corrected chi connectivity index (χ2v) is 6.65. The van der Waals surface area contributed by atoms with Crippen molar-refractivity contribution in [3.63, 3.8) is 0 Å². The van der Waals surface area contributed by atoms with Crippen LogP contribution < -0.4 is 4.87 Å². The Bertz CT molecular complexity index is 1040. The van der Waals surface area contributed by atoms with Crippen LogP contribution in [0.25, 0.3) is 11.6 Å². The molecule has 0 amide bonds. The number of nitrogens with one attached hydrogen (secondary N) is 1. The van der Waals surface area contributed by atoms with Gasteiger partial charge in [-0.05, 0) is 25.1 Å². The standard InChI is InChI=1S/C19H14N2O2S/c1-11-7-8-15-13(9-11)14(10-16-18(22)21-19(23)24-16)17(20-15)12-5-3-2-4-6-12/h2-10,22H,1H3,(H,21,23)/b14-10-. The molecule has 0 radical (unpaired) electrons. The van der Waals surface area contributed by atoms with Crippen LogP contribution in [-0.4, -0.2) is 15.8 Å². The second kappa shape index (κ2) is 5.62. The molecule has 2 aromatic carbocycles. The lowest BCUT2D eigenvalue weighted by Crippen LogP contribution is -1.99. The highest BCUT2D eigenvalue weighted by Crippen LogP contribution is 2.39. The molecule has 0 fully saturated rings. The highest BCUT2D eigenvalue weighted by Gasteiger charge is 2.23. The number of allylic oxidation sites excluding steroid dienone is 1. The minimum atomic E-state index is -0.278. The summed E-state index contributed by atoms with van der Waals surface area (Å²) >= 11 is 0.985. The zero-order valence-electron chi connectivity index (χ0n) is 12.9. The number of thiazole rings is 1. The number of rotatable bonds is 2. The number of aromatic amines is 1. The van der Waals surface area contributed by atoms with Crippen LogP contribution >= 0.6 is 11.3 Å². The van der Waals surface area contributed by atoms with Gasteiger partial charge in [0.15, 0.2) is 0 Å². The molecule has 0 unspecified atom stereocenters. The molecular formula is C19H14N2O2S. The highest BCUT2D eigenvalue weighted by atomic mass is 32.1. The maximum absolute atomic E-state index is 11.5. The van der Waals surface area contributed by atoms with E-state index in [1.165, 1.54) is 0 Å². The van der Waals surface area contributed by atoms with Crippen molar-refractivity contribution in [3.8, 4) is 5.88 Å². The van der Waals surface area contributed by atoms with E-state index in [2.05, 4.69) is 11.1 Å². The van der Waals surface area contributed by atoms with E-state index in [0.717, 1.165) is 45.0 Å². The number of fused-ring (bicyclic) bond motifs is 1. The van der Waals surface area contributed by atoms with Gasteiger partial charge in [0, 0.05) is 16.7 Å². The monoisotopic (exact) mass is 334 g/mol. The SMILES string of the molecule is Cc1ccc2c(c1)/C(=C/c1sc(=O)[nH]c1O)C(c1ccccc1)=N2. The van der Waals surface area contributed by atoms with Crippen molar-refractivity contribution in [2.75, 3.05) is 0 Å². The molecule has 2 N–H and O–H groups in total. The predicted molar refractivity (Wildman–Crippen MR) is 98.3 cm³/mol. The largest absolute Gasteiger partial charge is 0.493 e. The molecule has 0 bridgehead atoms. The summed E-state index contributed by atoms with van der Waals surface area (Å²) in [7, 11) is 0. The Morgan fingerprint density at radius 2 is 1.96 bits per heavy atom. The van der Waals surface area contributed by atoms with E-state index in [4.69, 9.17) is 4.99 Å². The summed E-state index contributed by atoms with van der Waals surface area (Å²) in [5.41, 5.74) is 5.79. The van der Waals surface area contributed by atoms with Crippen LogP contribution in [0.3, 0.4) is 0 Å². The Balaban J connectivity index is 1.94. The molecule has 0 saturated heterocycles. The molecule has 118 valence electrons. The number of aromatic hydroxyl groups is 1. The van der Waals surface area contributed by atoms with Crippen molar-refractivity contribution in [2.45, 2.75) is 6.92 Å². The Morgan fingerprint density at radius 1 is 1.17 bits per heavy atom. The van der Waals surface area contributed by atoms with Gasteiger partial charge in [0.2, 0.25) is 5.88 Å². The molecular weight excluding hydrogens is 320 g/mol. The van der Waals surface area contributed by atoms with E-state index in [0.29, 0.717) is 4.88 Å². The number of nitrogens with zero attached hydrogens (tertiary/aromatic N) is 1. The van der Waals surface area contributed by atoms with Crippen LogP contribution in [0.15, 0.2) is 58.3 Å². The van der Waals surface area contributed by atoms with Crippen LogP contribution in [0.2, 0.25) is 0 Å². The predicted octanol–water partition coefficient (Wildman–Crippen LogP) is 4.13. The van der Waals surface area contributed by atoms with Crippen molar-refractivity contribution in [2.24, 2.45) is 4.99 Å². The molecule has 4 nitrogen and oxygen atoms in total. The molecule has 5 heteroatoms. The normalized spacial score (nSPS) is 14.7. The van der Waals surface area contributed by atoms with Crippen LogP contribution in [0.5, 0.6) is 5.88 Å². The summed E-state index contributed by atoms with van der Waals surface area (Å²) < 4.78 is 0. The number of aryl methyl sites for hydroxylation is 1. The summed E-state index contributed by atoms with van der Waals surface area (Å²) in [6, 6.07) is 16.0.